The summed E-state index contributed by atoms with van der Waals surface area (Å²) in [5.74, 6) is 0.955. The molecule has 1 N–H and O–H groups in total. The fourth-order valence-corrected chi connectivity index (χ4v) is 2.60. The van der Waals surface area contributed by atoms with Crippen LogP contribution in [0.15, 0.2) is 18.3 Å². The quantitative estimate of drug-likeness (QED) is 0.889. The first-order chi connectivity index (χ1) is 8.74. The molecule has 4 heteroatoms. The predicted molar refractivity (Wildman–Crippen MR) is 75.2 cm³/mol. The van der Waals surface area contributed by atoms with Crippen LogP contribution >= 0.6 is 0 Å². The van der Waals surface area contributed by atoms with Gasteiger partial charge in [0, 0.05) is 44.2 Å². The van der Waals surface area contributed by atoms with E-state index in [1.807, 2.05) is 13.3 Å². The standard InChI is InChI=1S/C14H23N3O/c1-4-15-14-10-12(5-7-16-14)17-8-6-13(18-3)9-11(17)2/h5,7,10-11,13H,4,6,8-9H2,1-3H3,(H,15,16). The van der Waals surface area contributed by atoms with Crippen molar-refractivity contribution in [1.82, 2.24) is 4.98 Å². The van der Waals surface area contributed by atoms with Gasteiger partial charge in [-0.1, -0.05) is 0 Å². The molecule has 1 aliphatic heterocycles. The van der Waals surface area contributed by atoms with E-state index < -0.39 is 0 Å². The van der Waals surface area contributed by atoms with Crippen molar-refractivity contribution in [1.29, 1.82) is 0 Å². The first-order valence-corrected chi connectivity index (χ1v) is 6.74. The molecule has 2 rings (SSSR count). The number of hydrogen-bond donors (Lipinski definition) is 1. The number of piperidine rings is 1. The molecule has 0 radical (unpaired) electrons. The highest BCUT2D eigenvalue weighted by molar-refractivity contribution is 5.54. The first-order valence-electron chi connectivity index (χ1n) is 6.74. The maximum Gasteiger partial charge on any atom is 0.127 e. The molecule has 0 aromatic carbocycles. The average Bonchev–Trinajstić information content (AvgIpc) is 2.39. The maximum atomic E-state index is 5.46. The van der Waals surface area contributed by atoms with Gasteiger partial charge in [-0.25, -0.2) is 4.98 Å². The minimum atomic E-state index is 0.409. The molecule has 1 saturated heterocycles. The molecule has 0 amide bonds. The molecule has 2 atom stereocenters. The zero-order valence-corrected chi connectivity index (χ0v) is 11.5. The number of ether oxygens (including phenoxy) is 1. The van der Waals surface area contributed by atoms with E-state index >= 15 is 0 Å². The van der Waals surface area contributed by atoms with E-state index in [0.29, 0.717) is 12.1 Å². The third kappa shape index (κ3) is 2.93. The third-order valence-electron chi connectivity index (χ3n) is 3.59. The monoisotopic (exact) mass is 249 g/mol. The van der Waals surface area contributed by atoms with E-state index in [4.69, 9.17) is 4.74 Å². The van der Waals surface area contributed by atoms with Crippen LogP contribution in [0.5, 0.6) is 0 Å². The van der Waals surface area contributed by atoms with Gasteiger partial charge in [0.2, 0.25) is 0 Å². The minimum absolute atomic E-state index is 0.409. The molecule has 1 fully saturated rings. The van der Waals surface area contributed by atoms with Crippen molar-refractivity contribution in [3.05, 3.63) is 18.3 Å². The molecular weight excluding hydrogens is 226 g/mol. The van der Waals surface area contributed by atoms with Crippen LogP contribution in [-0.2, 0) is 4.74 Å². The van der Waals surface area contributed by atoms with Gasteiger partial charge >= 0.3 is 0 Å². The van der Waals surface area contributed by atoms with Gasteiger partial charge in [-0.05, 0) is 32.8 Å². The Hall–Kier alpha value is -1.29. The fourth-order valence-electron chi connectivity index (χ4n) is 2.60. The van der Waals surface area contributed by atoms with Crippen LogP contribution in [0.3, 0.4) is 0 Å². The van der Waals surface area contributed by atoms with E-state index in [9.17, 15) is 0 Å². The van der Waals surface area contributed by atoms with Crippen molar-refractivity contribution >= 4 is 11.5 Å². The van der Waals surface area contributed by atoms with Gasteiger partial charge in [0.25, 0.3) is 0 Å². The molecule has 2 heterocycles. The van der Waals surface area contributed by atoms with Gasteiger partial charge in [0.1, 0.15) is 5.82 Å². The van der Waals surface area contributed by atoms with Crippen LogP contribution in [0.25, 0.3) is 0 Å². The Morgan fingerprint density at radius 2 is 2.39 bits per heavy atom. The van der Waals surface area contributed by atoms with Crippen molar-refractivity contribution in [2.45, 2.75) is 38.8 Å². The second kappa shape index (κ2) is 6.05. The molecule has 1 aromatic heterocycles. The Bertz CT molecular complexity index is 383. The molecule has 1 aromatic rings. The Morgan fingerprint density at radius 1 is 1.56 bits per heavy atom. The molecule has 100 valence electrons. The number of rotatable bonds is 4. The highest BCUT2D eigenvalue weighted by atomic mass is 16.5. The number of hydrogen-bond acceptors (Lipinski definition) is 4. The van der Waals surface area contributed by atoms with Crippen molar-refractivity contribution in [2.24, 2.45) is 0 Å². The van der Waals surface area contributed by atoms with Gasteiger partial charge in [-0.15, -0.1) is 0 Å². The zero-order chi connectivity index (χ0) is 13.0. The zero-order valence-electron chi connectivity index (χ0n) is 11.5. The average molecular weight is 249 g/mol. The molecule has 0 aliphatic carbocycles. The van der Waals surface area contributed by atoms with Crippen molar-refractivity contribution < 1.29 is 4.74 Å². The summed E-state index contributed by atoms with van der Waals surface area (Å²) in [4.78, 5) is 6.76. The van der Waals surface area contributed by atoms with Gasteiger partial charge < -0.3 is 15.0 Å². The van der Waals surface area contributed by atoms with E-state index in [2.05, 4.69) is 41.2 Å². The van der Waals surface area contributed by atoms with E-state index in [0.717, 1.165) is 31.7 Å². The predicted octanol–water partition coefficient (Wildman–Crippen LogP) is 2.52. The summed E-state index contributed by atoms with van der Waals surface area (Å²) in [6, 6.07) is 4.73. The molecule has 0 saturated carbocycles. The summed E-state index contributed by atoms with van der Waals surface area (Å²) in [7, 11) is 1.81. The summed E-state index contributed by atoms with van der Waals surface area (Å²) in [6.07, 6.45) is 4.48. The molecule has 1 aliphatic rings. The lowest BCUT2D eigenvalue weighted by atomic mass is 10.00. The van der Waals surface area contributed by atoms with Crippen molar-refractivity contribution in [2.75, 3.05) is 30.4 Å². The van der Waals surface area contributed by atoms with E-state index in [1.54, 1.807) is 0 Å². The van der Waals surface area contributed by atoms with Crippen LogP contribution in [-0.4, -0.2) is 37.3 Å². The summed E-state index contributed by atoms with van der Waals surface area (Å²) in [6.45, 7) is 6.30. The number of aromatic nitrogens is 1. The first kappa shape index (κ1) is 13.1. The number of nitrogens with one attached hydrogen (secondary N) is 1. The highest BCUT2D eigenvalue weighted by Gasteiger charge is 2.25. The normalized spacial score (nSPS) is 24.1. The molecule has 4 nitrogen and oxygen atoms in total. The highest BCUT2D eigenvalue weighted by Crippen LogP contribution is 2.26. The fraction of sp³-hybridized carbons (Fsp3) is 0.643. The smallest absolute Gasteiger partial charge is 0.127 e. The largest absolute Gasteiger partial charge is 0.381 e. The second-order valence-corrected chi connectivity index (χ2v) is 4.85. The van der Waals surface area contributed by atoms with Gasteiger partial charge in [-0.2, -0.15) is 0 Å². The number of anilines is 2. The van der Waals surface area contributed by atoms with Crippen molar-refractivity contribution in [3.63, 3.8) is 0 Å². The van der Waals surface area contributed by atoms with Crippen LogP contribution in [0.2, 0.25) is 0 Å². The van der Waals surface area contributed by atoms with Crippen LogP contribution in [0.4, 0.5) is 11.5 Å². The summed E-state index contributed by atoms with van der Waals surface area (Å²) in [5.41, 5.74) is 1.25. The Morgan fingerprint density at radius 3 is 3.06 bits per heavy atom. The van der Waals surface area contributed by atoms with Crippen LogP contribution in [0.1, 0.15) is 26.7 Å². The maximum absolute atomic E-state index is 5.46. The SMILES string of the molecule is CCNc1cc(N2CCC(OC)CC2C)ccn1. The minimum Gasteiger partial charge on any atom is -0.381 e. The topological polar surface area (TPSA) is 37.4 Å². The summed E-state index contributed by atoms with van der Waals surface area (Å²) < 4.78 is 5.46. The van der Waals surface area contributed by atoms with E-state index in [1.165, 1.54) is 5.69 Å². The summed E-state index contributed by atoms with van der Waals surface area (Å²) >= 11 is 0. The molecule has 18 heavy (non-hydrogen) atoms. The van der Waals surface area contributed by atoms with Crippen LogP contribution < -0.4 is 10.2 Å². The summed E-state index contributed by atoms with van der Waals surface area (Å²) in [5, 5.41) is 3.26. The van der Waals surface area contributed by atoms with Crippen molar-refractivity contribution in [3.8, 4) is 0 Å². The Balaban J connectivity index is 2.09. The lowest BCUT2D eigenvalue weighted by molar-refractivity contribution is 0.0721. The lowest BCUT2D eigenvalue weighted by Crippen LogP contribution is -2.43. The molecular formula is C14H23N3O. The lowest BCUT2D eigenvalue weighted by Gasteiger charge is -2.38. The number of nitrogens with zero attached hydrogens (tertiary/aromatic N) is 2. The van der Waals surface area contributed by atoms with Crippen LogP contribution in [0, 0.1) is 0 Å². The molecule has 0 spiro atoms. The van der Waals surface area contributed by atoms with Gasteiger partial charge in [-0.3, -0.25) is 0 Å². The van der Waals surface area contributed by atoms with E-state index in [-0.39, 0.29) is 0 Å². The number of pyridine rings is 1. The number of methoxy groups -OCH3 is 1. The molecule has 0 bridgehead atoms. The Labute approximate surface area is 109 Å². The molecule has 2 unspecified atom stereocenters. The third-order valence-corrected chi connectivity index (χ3v) is 3.59. The second-order valence-electron chi connectivity index (χ2n) is 4.85. The Kier molecular flexibility index (Phi) is 4.42. The van der Waals surface area contributed by atoms with Gasteiger partial charge in [0.15, 0.2) is 0 Å². The van der Waals surface area contributed by atoms with Gasteiger partial charge in [0.05, 0.1) is 6.10 Å².